The molecule has 0 aromatic rings. The maximum absolute atomic E-state index is 12.5. The maximum atomic E-state index is 12.5. The Kier molecular flexibility index (Phi) is 4.51. The molecule has 3 aliphatic rings. The third kappa shape index (κ3) is 2.96. The van der Waals surface area contributed by atoms with Gasteiger partial charge in [-0.3, -0.25) is 9.59 Å². The van der Waals surface area contributed by atoms with Crippen molar-refractivity contribution in [3.05, 3.63) is 0 Å². The lowest BCUT2D eigenvalue weighted by Crippen LogP contribution is -2.53. The molecule has 3 rings (SSSR count). The van der Waals surface area contributed by atoms with Crippen molar-refractivity contribution >= 4 is 23.6 Å². The van der Waals surface area contributed by atoms with Crippen molar-refractivity contribution < 1.29 is 9.59 Å². The Morgan fingerprint density at radius 3 is 2.65 bits per heavy atom. The molecular formula is C14H23N3O2S. The molecular weight excluding hydrogens is 274 g/mol. The van der Waals surface area contributed by atoms with Gasteiger partial charge in [0, 0.05) is 37.2 Å². The zero-order valence-corrected chi connectivity index (χ0v) is 12.6. The number of rotatable bonds is 4. The fourth-order valence-corrected chi connectivity index (χ4v) is 4.30. The van der Waals surface area contributed by atoms with E-state index in [0.717, 1.165) is 51.1 Å². The number of carbonyl (C=O) groups excluding carboxylic acids is 2. The minimum Gasteiger partial charge on any atom is -0.354 e. The molecule has 0 spiro atoms. The third-order valence-corrected chi connectivity index (χ3v) is 5.62. The second kappa shape index (κ2) is 6.35. The van der Waals surface area contributed by atoms with E-state index in [1.165, 1.54) is 0 Å². The van der Waals surface area contributed by atoms with Crippen molar-refractivity contribution in [1.29, 1.82) is 0 Å². The van der Waals surface area contributed by atoms with Crippen LogP contribution < -0.4 is 10.6 Å². The van der Waals surface area contributed by atoms with Crippen LogP contribution in [0.4, 0.5) is 0 Å². The minimum absolute atomic E-state index is 0.0354. The second-order valence-electron chi connectivity index (χ2n) is 6.07. The lowest BCUT2D eigenvalue weighted by molar-refractivity contribution is -0.141. The number of hydrogen-bond acceptors (Lipinski definition) is 4. The highest BCUT2D eigenvalue weighted by molar-refractivity contribution is 7.99. The Labute approximate surface area is 124 Å². The largest absolute Gasteiger partial charge is 0.354 e. The van der Waals surface area contributed by atoms with E-state index >= 15 is 0 Å². The van der Waals surface area contributed by atoms with Gasteiger partial charge in [-0.25, -0.2) is 0 Å². The van der Waals surface area contributed by atoms with E-state index in [0.29, 0.717) is 11.8 Å². The van der Waals surface area contributed by atoms with Gasteiger partial charge in [0.25, 0.3) is 0 Å². The normalized spacial score (nSPS) is 27.6. The van der Waals surface area contributed by atoms with Crippen LogP contribution in [-0.2, 0) is 9.59 Å². The Hall–Kier alpha value is -0.750. The molecule has 3 fully saturated rings. The molecule has 0 aromatic carbocycles. The molecule has 2 saturated heterocycles. The maximum Gasteiger partial charge on any atom is 0.243 e. The first-order chi connectivity index (χ1) is 9.75. The summed E-state index contributed by atoms with van der Waals surface area (Å²) in [7, 11) is 0. The zero-order chi connectivity index (χ0) is 13.9. The summed E-state index contributed by atoms with van der Waals surface area (Å²) in [5.41, 5.74) is 0. The van der Waals surface area contributed by atoms with Crippen LogP contribution in [0.25, 0.3) is 0 Å². The monoisotopic (exact) mass is 297 g/mol. The average molecular weight is 297 g/mol. The Morgan fingerprint density at radius 1 is 1.25 bits per heavy atom. The van der Waals surface area contributed by atoms with Gasteiger partial charge in [0.15, 0.2) is 0 Å². The number of carbonyl (C=O) groups is 2. The van der Waals surface area contributed by atoms with Crippen molar-refractivity contribution in [2.45, 2.75) is 31.7 Å². The summed E-state index contributed by atoms with van der Waals surface area (Å²) in [5.74, 6) is 2.39. The predicted molar refractivity (Wildman–Crippen MR) is 79.3 cm³/mol. The number of amides is 2. The minimum atomic E-state index is -0.249. The van der Waals surface area contributed by atoms with E-state index in [2.05, 4.69) is 10.6 Å². The summed E-state index contributed by atoms with van der Waals surface area (Å²) in [6.45, 7) is 2.72. The fourth-order valence-electron chi connectivity index (χ4n) is 3.14. The molecule has 2 heterocycles. The van der Waals surface area contributed by atoms with Gasteiger partial charge < -0.3 is 15.5 Å². The zero-order valence-electron chi connectivity index (χ0n) is 11.8. The quantitative estimate of drug-likeness (QED) is 0.789. The lowest BCUT2D eigenvalue weighted by atomic mass is 10.0. The van der Waals surface area contributed by atoms with Crippen molar-refractivity contribution in [2.75, 3.05) is 31.3 Å². The second-order valence-corrected chi connectivity index (χ2v) is 7.07. The van der Waals surface area contributed by atoms with Crippen LogP contribution >= 0.6 is 11.8 Å². The van der Waals surface area contributed by atoms with Gasteiger partial charge in [-0.1, -0.05) is 12.8 Å². The highest BCUT2D eigenvalue weighted by atomic mass is 32.2. The molecule has 20 heavy (non-hydrogen) atoms. The smallest absolute Gasteiger partial charge is 0.243 e. The molecule has 2 N–H and O–H groups in total. The van der Waals surface area contributed by atoms with E-state index in [1.54, 1.807) is 11.8 Å². The standard InChI is InChI=1S/C14H23N3O2S/c18-13(16-7-10-5-15-6-10)12-8-20-9-17(12)14(19)11-3-1-2-4-11/h10-12,15H,1-9H2,(H,16,18). The van der Waals surface area contributed by atoms with Crippen LogP contribution in [0.2, 0.25) is 0 Å². The van der Waals surface area contributed by atoms with E-state index in [4.69, 9.17) is 0 Å². The number of thioether (sulfide) groups is 1. The van der Waals surface area contributed by atoms with Gasteiger partial charge >= 0.3 is 0 Å². The first-order valence-electron chi connectivity index (χ1n) is 7.62. The Bertz CT molecular complexity index is 381. The van der Waals surface area contributed by atoms with Crippen molar-refractivity contribution in [2.24, 2.45) is 11.8 Å². The highest BCUT2D eigenvalue weighted by Gasteiger charge is 2.38. The Balaban J connectivity index is 1.53. The molecule has 0 radical (unpaired) electrons. The number of hydrogen-bond donors (Lipinski definition) is 2. The number of nitrogens with one attached hydrogen (secondary N) is 2. The number of nitrogens with zero attached hydrogens (tertiary/aromatic N) is 1. The SMILES string of the molecule is O=C(NCC1CNC1)C1CSCN1C(=O)C1CCCC1. The molecule has 1 unspecified atom stereocenters. The van der Waals surface area contributed by atoms with Gasteiger partial charge in [-0.15, -0.1) is 11.8 Å². The molecule has 1 saturated carbocycles. The highest BCUT2D eigenvalue weighted by Crippen LogP contribution is 2.30. The van der Waals surface area contributed by atoms with Gasteiger partial charge in [0.2, 0.25) is 11.8 Å². The summed E-state index contributed by atoms with van der Waals surface area (Å²) in [6.07, 6.45) is 4.32. The van der Waals surface area contributed by atoms with Crippen LogP contribution in [0.3, 0.4) is 0 Å². The molecule has 2 amide bonds. The molecule has 0 bridgehead atoms. The molecule has 112 valence electrons. The van der Waals surface area contributed by atoms with E-state index in [9.17, 15) is 9.59 Å². The van der Waals surface area contributed by atoms with E-state index in [-0.39, 0.29) is 23.8 Å². The van der Waals surface area contributed by atoms with Crippen LogP contribution in [0.5, 0.6) is 0 Å². The van der Waals surface area contributed by atoms with Crippen molar-refractivity contribution in [3.63, 3.8) is 0 Å². The summed E-state index contributed by atoms with van der Waals surface area (Å²) in [6, 6.07) is -0.249. The van der Waals surface area contributed by atoms with Crippen molar-refractivity contribution in [1.82, 2.24) is 15.5 Å². The van der Waals surface area contributed by atoms with Crippen LogP contribution in [0.15, 0.2) is 0 Å². The lowest BCUT2D eigenvalue weighted by Gasteiger charge is -2.29. The van der Waals surface area contributed by atoms with Crippen LogP contribution in [0.1, 0.15) is 25.7 Å². The Morgan fingerprint density at radius 2 is 2.00 bits per heavy atom. The summed E-state index contributed by atoms with van der Waals surface area (Å²) >= 11 is 1.69. The van der Waals surface area contributed by atoms with Crippen LogP contribution in [0, 0.1) is 11.8 Å². The topological polar surface area (TPSA) is 61.4 Å². The molecule has 1 aliphatic carbocycles. The molecule has 1 atom stereocenters. The van der Waals surface area contributed by atoms with E-state index in [1.807, 2.05) is 4.90 Å². The third-order valence-electron chi connectivity index (χ3n) is 4.60. The van der Waals surface area contributed by atoms with Crippen molar-refractivity contribution in [3.8, 4) is 0 Å². The van der Waals surface area contributed by atoms with Gasteiger partial charge in [0.05, 0.1) is 5.88 Å². The predicted octanol–water partition coefficient (Wildman–Crippen LogP) is 0.414. The average Bonchev–Trinajstić information content (AvgIpc) is 3.07. The molecule has 0 aromatic heterocycles. The van der Waals surface area contributed by atoms with Crippen LogP contribution in [-0.4, -0.2) is 54.0 Å². The van der Waals surface area contributed by atoms with E-state index < -0.39 is 0 Å². The van der Waals surface area contributed by atoms with Gasteiger partial charge in [-0.2, -0.15) is 0 Å². The molecule has 6 heteroatoms. The first kappa shape index (κ1) is 14.2. The fraction of sp³-hybridized carbons (Fsp3) is 0.857. The van der Waals surface area contributed by atoms with Gasteiger partial charge in [0.1, 0.15) is 6.04 Å². The first-order valence-corrected chi connectivity index (χ1v) is 8.78. The summed E-state index contributed by atoms with van der Waals surface area (Å²) < 4.78 is 0. The van der Waals surface area contributed by atoms with Gasteiger partial charge in [-0.05, 0) is 12.8 Å². The molecule has 2 aliphatic heterocycles. The summed E-state index contributed by atoms with van der Waals surface area (Å²) in [4.78, 5) is 26.6. The summed E-state index contributed by atoms with van der Waals surface area (Å²) in [5, 5.41) is 6.21. The molecule has 5 nitrogen and oxygen atoms in total.